The molecule has 132 valence electrons. The number of sulfonamides is 1. The summed E-state index contributed by atoms with van der Waals surface area (Å²) in [4.78, 5) is 11.6. The van der Waals surface area contributed by atoms with E-state index in [0.29, 0.717) is 12.3 Å². The quantitative estimate of drug-likeness (QED) is 0.516. The molecule has 0 rings (SSSR count). The lowest BCUT2D eigenvalue weighted by atomic mass is 10.0. The summed E-state index contributed by atoms with van der Waals surface area (Å²) in [6.07, 6.45) is 1.03. The summed E-state index contributed by atoms with van der Waals surface area (Å²) in [6, 6.07) is -0.351. The Morgan fingerprint density at radius 2 is 1.82 bits per heavy atom. The summed E-state index contributed by atoms with van der Waals surface area (Å²) in [5, 5.41) is 11.7. The minimum atomic E-state index is -5.32. The molecular weight excluding hydrogens is 325 g/mol. The van der Waals surface area contributed by atoms with E-state index in [2.05, 4.69) is 5.32 Å². The van der Waals surface area contributed by atoms with Gasteiger partial charge in [-0.05, 0) is 25.2 Å². The number of halogens is 3. The molecule has 0 bridgehead atoms. The van der Waals surface area contributed by atoms with Crippen molar-refractivity contribution in [2.75, 3.05) is 13.2 Å². The number of amides is 1. The molecule has 0 saturated carbocycles. The van der Waals surface area contributed by atoms with Crippen molar-refractivity contribution in [2.24, 2.45) is 5.92 Å². The van der Waals surface area contributed by atoms with E-state index in [9.17, 15) is 26.4 Å². The minimum absolute atomic E-state index is 0.0579. The highest BCUT2D eigenvalue weighted by Gasteiger charge is 2.45. The SMILES string of the molecule is CC(C)C[C@@H](CO)NC(=O)CCCCNS(=O)(=O)C(F)(F)F. The van der Waals surface area contributed by atoms with Crippen LogP contribution in [0.25, 0.3) is 0 Å². The molecule has 0 aromatic rings. The number of rotatable bonds is 10. The Labute approximate surface area is 128 Å². The zero-order valence-corrected chi connectivity index (χ0v) is 13.4. The van der Waals surface area contributed by atoms with Crippen molar-refractivity contribution in [1.29, 1.82) is 0 Å². The maximum absolute atomic E-state index is 12.0. The van der Waals surface area contributed by atoms with E-state index in [4.69, 9.17) is 5.11 Å². The number of nitrogens with one attached hydrogen (secondary N) is 2. The summed E-state index contributed by atoms with van der Waals surface area (Å²) < 4.78 is 58.9. The van der Waals surface area contributed by atoms with Crippen molar-refractivity contribution >= 4 is 15.9 Å². The van der Waals surface area contributed by atoms with Gasteiger partial charge in [0, 0.05) is 13.0 Å². The molecule has 0 aromatic carbocycles. The second kappa shape index (κ2) is 9.31. The van der Waals surface area contributed by atoms with Gasteiger partial charge >= 0.3 is 15.5 Å². The minimum Gasteiger partial charge on any atom is -0.394 e. The van der Waals surface area contributed by atoms with E-state index >= 15 is 0 Å². The Morgan fingerprint density at radius 1 is 1.23 bits per heavy atom. The van der Waals surface area contributed by atoms with Crippen molar-refractivity contribution in [1.82, 2.24) is 10.0 Å². The van der Waals surface area contributed by atoms with E-state index in [-0.39, 0.29) is 44.4 Å². The number of carbonyl (C=O) groups excluding carboxylic acids is 1. The largest absolute Gasteiger partial charge is 0.511 e. The van der Waals surface area contributed by atoms with Crippen LogP contribution in [0.3, 0.4) is 0 Å². The molecule has 0 aliphatic carbocycles. The van der Waals surface area contributed by atoms with Crippen LogP contribution in [0.4, 0.5) is 13.2 Å². The zero-order chi connectivity index (χ0) is 17.4. The third kappa shape index (κ3) is 8.54. The Bertz CT molecular complexity index is 438. The predicted octanol–water partition coefficient (Wildman–Crippen LogP) is 1.12. The van der Waals surface area contributed by atoms with Gasteiger partial charge < -0.3 is 10.4 Å². The van der Waals surface area contributed by atoms with Crippen molar-refractivity contribution in [2.45, 2.75) is 51.1 Å². The molecule has 22 heavy (non-hydrogen) atoms. The van der Waals surface area contributed by atoms with Crippen LogP contribution in [0.15, 0.2) is 0 Å². The number of hydrogen-bond donors (Lipinski definition) is 3. The molecule has 0 saturated heterocycles. The molecule has 0 spiro atoms. The first-order valence-corrected chi connectivity index (χ1v) is 8.44. The number of aliphatic hydroxyl groups is 1. The number of alkyl halides is 3. The van der Waals surface area contributed by atoms with E-state index < -0.39 is 15.5 Å². The fourth-order valence-corrected chi connectivity index (χ4v) is 2.32. The summed E-state index contributed by atoms with van der Waals surface area (Å²) in [7, 11) is -5.32. The second-order valence-corrected chi connectivity index (χ2v) is 7.14. The first-order chi connectivity index (χ1) is 9.99. The van der Waals surface area contributed by atoms with E-state index in [1.165, 1.54) is 4.72 Å². The number of unbranched alkanes of at least 4 members (excludes halogenated alkanes) is 1. The first-order valence-electron chi connectivity index (χ1n) is 6.95. The zero-order valence-electron chi connectivity index (χ0n) is 12.6. The first kappa shape index (κ1) is 21.1. The van der Waals surface area contributed by atoms with Crippen LogP contribution in [0, 0.1) is 5.92 Å². The van der Waals surface area contributed by atoms with Crippen LogP contribution in [-0.4, -0.2) is 44.1 Å². The van der Waals surface area contributed by atoms with Crippen molar-refractivity contribution in [3.8, 4) is 0 Å². The number of aliphatic hydroxyl groups excluding tert-OH is 1. The monoisotopic (exact) mass is 348 g/mol. The van der Waals surface area contributed by atoms with Gasteiger partial charge in [-0.1, -0.05) is 13.8 Å². The molecule has 10 heteroatoms. The van der Waals surface area contributed by atoms with Crippen LogP contribution in [-0.2, 0) is 14.8 Å². The smallest absolute Gasteiger partial charge is 0.394 e. The molecule has 3 N–H and O–H groups in total. The molecular formula is C12H23F3N2O4S. The fraction of sp³-hybridized carbons (Fsp3) is 0.917. The maximum Gasteiger partial charge on any atom is 0.511 e. The van der Waals surface area contributed by atoms with Crippen LogP contribution in [0.1, 0.15) is 39.5 Å². The highest BCUT2D eigenvalue weighted by molar-refractivity contribution is 7.90. The average molecular weight is 348 g/mol. The van der Waals surface area contributed by atoms with Crippen molar-refractivity contribution in [3.63, 3.8) is 0 Å². The molecule has 1 atom stereocenters. The van der Waals surface area contributed by atoms with Gasteiger partial charge in [-0.3, -0.25) is 4.79 Å². The van der Waals surface area contributed by atoms with Crippen molar-refractivity contribution < 1.29 is 31.5 Å². The molecule has 0 radical (unpaired) electrons. The van der Waals surface area contributed by atoms with Crippen LogP contribution in [0.2, 0.25) is 0 Å². The molecule has 0 aliphatic heterocycles. The summed E-state index contributed by atoms with van der Waals surface area (Å²) >= 11 is 0. The molecule has 0 unspecified atom stereocenters. The van der Waals surface area contributed by atoms with Gasteiger partial charge in [0.2, 0.25) is 5.91 Å². The summed E-state index contributed by atoms with van der Waals surface area (Å²) in [6.45, 7) is 3.32. The molecule has 1 amide bonds. The standard InChI is InChI=1S/C12H23F3N2O4S/c1-9(2)7-10(8-18)17-11(19)5-3-4-6-16-22(20,21)12(13,14)15/h9-10,16,18H,3-8H2,1-2H3,(H,17,19)/t10-/m0/s1. The normalized spacial score (nSPS) is 14.1. The van der Waals surface area contributed by atoms with E-state index in [0.717, 1.165) is 0 Å². The lowest BCUT2D eigenvalue weighted by Crippen LogP contribution is -2.38. The topological polar surface area (TPSA) is 95.5 Å². The highest BCUT2D eigenvalue weighted by atomic mass is 32.2. The van der Waals surface area contributed by atoms with Crippen LogP contribution >= 0.6 is 0 Å². The molecule has 6 nitrogen and oxygen atoms in total. The Balaban J connectivity index is 3.95. The third-order valence-corrected chi connectivity index (χ3v) is 3.96. The van der Waals surface area contributed by atoms with E-state index in [1.54, 1.807) is 0 Å². The highest BCUT2D eigenvalue weighted by Crippen LogP contribution is 2.21. The van der Waals surface area contributed by atoms with Crippen molar-refractivity contribution in [3.05, 3.63) is 0 Å². The van der Waals surface area contributed by atoms with Gasteiger partial charge in [-0.15, -0.1) is 0 Å². The molecule has 0 heterocycles. The lowest BCUT2D eigenvalue weighted by molar-refractivity contribution is -0.122. The molecule has 0 aromatic heterocycles. The summed E-state index contributed by atoms with van der Waals surface area (Å²) in [5.74, 6) is -0.0207. The van der Waals surface area contributed by atoms with Gasteiger partial charge in [-0.25, -0.2) is 13.1 Å². The number of carbonyl (C=O) groups is 1. The number of hydrogen-bond acceptors (Lipinski definition) is 4. The Kier molecular flexibility index (Phi) is 8.94. The van der Waals surface area contributed by atoms with E-state index in [1.807, 2.05) is 13.8 Å². The second-order valence-electron chi connectivity index (χ2n) is 5.38. The predicted molar refractivity (Wildman–Crippen MR) is 75.3 cm³/mol. The molecule has 0 fully saturated rings. The lowest BCUT2D eigenvalue weighted by Gasteiger charge is -2.18. The van der Waals surface area contributed by atoms with Gasteiger partial charge in [0.15, 0.2) is 0 Å². The van der Waals surface area contributed by atoms with Crippen LogP contribution < -0.4 is 10.0 Å². The summed E-state index contributed by atoms with van der Waals surface area (Å²) in [5.41, 5.74) is -5.32. The fourth-order valence-electron chi connectivity index (χ4n) is 1.75. The molecule has 0 aliphatic rings. The van der Waals surface area contributed by atoms with Gasteiger partial charge in [-0.2, -0.15) is 13.2 Å². The Morgan fingerprint density at radius 3 is 2.27 bits per heavy atom. The van der Waals surface area contributed by atoms with Gasteiger partial charge in [0.25, 0.3) is 0 Å². The maximum atomic E-state index is 12.0. The average Bonchev–Trinajstić information content (AvgIpc) is 2.35. The third-order valence-electron chi connectivity index (χ3n) is 2.77. The van der Waals surface area contributed by atoms with Gasteiger partial charge in [0.05, 0.1) is 12.6 Å². The van der Waals surface area contributed by atoms with Gasteiger partial charge in [0.1, 0.15) is 0 Å². The Hall–Kier alpha value is -0.870. The van der Waals surface area contributed by atoms with Crippen LogP contribution in [0.5, 0.6) is 0 Å².